The highest BCUT2D eigenvalue weighted by molar-refractivity contribution is 5.61. The highest BCUT2D eigenvalue weighted by Crippen LogP contribution is 2.30. The molecule has 1 aliphatic heterocycles. The van der Waals surface area contributed by atoms with Crippen molar-refractivity contribution in [2.45, 2.75) is 31.8 Å². The van der Waals surface area contributed by atoms with Crippen LogP contribution < -0.4 is 10.2 Å². The first kappa shape index (κ1) is 14.1. The fourth-order valence-corrected chi connectivity index (χ4v) is 3.35. The molecule has 1 N–H and O–H groups in total. The molecule has 6 heteroatoms. The maximum absolute atomic E-state index is 4.55. The number of imidazole rings is 1. The SMILES string of the molecule is CC1NCCCC1N(c1cnccn1)c1cnc2ccccn12. The van der Waals surface area contributed by atoms with E-state index in [2.05, 4.69) is 36.5 Å². The summed E-state index contributed by atoms with van der Waals surface area (Å²) < 4.78 is 2.11. The smallest absolute Gasteiger partial charge is 0.152 e. The van der Waals surface area contributed by atoms with Crippen LogP contribution in [0.3, 0.4) is 0 Å². The molecule has 0 bridgehead atoms. The van der Waals surface area contributed by atoms with Gasteiger partial charge in [-0.05, 0) is 38.4 Å². The minimum absolute atomic E-state index is 0.320. The lowest BCUT2D eigenvalue weighted by atomic mass is 9.98. The average molecular weight is 308 g/mol. The molecular weight excluding hydrogens is 288 g/mol. The van der Waals surface area contributed by atoms with E-state index in [1.165, 1.54) is 0 Å². The third kappa shape index (κ3) is 2.55. The van der Waals surface area contributed by atoms with Gasteiger partial charge in [0.15, 0.2) is 5.82 Å². The van der Waals surface area contributed by atoms with Gasteiger partial charge in [0.05, 0.1) is 18.4 Å². The molecule has 4 rings (SSSR count). The van der Waals surface area contributed by atoms with Crippen molar-refractivity contribution >= 4 is 17.3 Å². The molecule has 0 aliphatic carbocycles. The topological polar surface area (TPSA) is 58.3 Å². The molecule has 3 aromatic rings. The standard InChI is InChI=1S/C17H20N6/c1-13-14(5-4-7-19-13)23(16-11-18-8-9-20-16)17-12-21-15-6-2-3-10-22(15)17/h2-3,6,8-14,19H,4-5,7H2,1H3. The number of rotatable bonds is 3. The van der Waals surface area contributed by atoms with E-state index >= 15 is 0 Å². The van der Waals surface area contributed by atoms with Crippen LogP contribution in [-0.4, -0.2) is 38.0 Å². The van der Waals surface area contributed by atoms with Crippen LogP contribution in [0.4, 0.5) is 11.6 Å². The van der Waals surface area contributed by atoms with Gasteiger partial charge in [0.2, 0.25) is 0 Å². The van der Waals surface area contributed by atoms with Crippen LogP contribution in [0.1, 0.15) is 19.8 Å². The Balaban J connectivity index is 1.85. The number of aromatic nitrogens is 4. The van der Waals surface area contributed by atoms with Crippen LogP contribution in [0.2, 0.25) is 0 Å². The summed E-state index contributed by atoms with van der Waals surface area (Å²) in [5.41, 5.74) is 0.938. The van der Waals surface area contributed by atoms with Gasteiger partial charge in [0.1, 0.15) is 11.5 Å². The van der Waals surface area contributed by atoms with Crippen LogP contribution in [0.5, 0.6) is 0 Å². The Morgan fingerprint density at radius 2 is 2.17 bits per heavy atom. The van der Waals surface area contributed by atoms with Gasteiger partial charge in [-0.1, -0.05) is 6.07 Å². The minimum atomic E-state index is 0.320. The van der Waals surface area contributed by atoms with E-state index in [4.69, 9.17) is 0 Å². The monoisotopic (exact) mass is 308 g/mol. The van der Waals surface area contributed by atoms with Crippen LogP contribution in [0.15, 0.2) is 49.2 Å². The van der Waals surface area contributed by atoms with Crippen molar-refractivity contribution in [3.63, 3.8) is 0 Å². The van der Waals surface area contributed by atoms with Crippen LogP contribution in [-0.2, 0) is 0 Å². The molecule has 0 amide bonds. The summed E-state index contributed by atoms with van der Waals surface area (Å²) in [6, 6.07) is 6.74. The molecule has 0 aromatic carbocycles. The number of hydrogen-bond donors (Lipinski definition) is 1. The van der Waals surface area contributed by atoms with Gasteiger partial charge in [-0.3, -0.25) is 9.38 Å². The molecular formula is C17H20N6. The molecule has 3 aromatic heterocycles. The van der Waals surface area contributed by atoms with E-state index in [1.54, 1.807) is 12.4 Å². The second-order valence-electron chi connectivity index (χ2n) is 5.93. The molecule has 1 fully saturated rings. The summed E-state index contributed by atoms with van der Waals surface area (Å²) in [6.07, 6.45) is 11.5. The summed E-state index contributed by atoms with van der Waals surface area (Å²) in [4.78, 5) is 15.6. The van der Waals surface area contributed by atoms with Crippen molar-refractivity contribution in [2.75, 3.05) is 11.4 Å². The normalized spacial score (nSPS) is 21.4. The molecule has 2 atom stereocenters. The number of hydrogen-bond acceptors (Lipinski definition) is 5. The summed E-state index contributed by atoms with van der Waals surface area (Å²) in [6.45, 7) is 3.30. The fraction of sp³-hybridized carbons (Fsp3) is 0.353. The van der Waals surface area contributed by atoms with Crippen LogP contribution in [0.25, 0.3) is 5.65 Å². The molecule has 23 heavy (non-hydrogen) atoms. The Morgan fingerprint density at radius 1 is 1.22 bits per heavy atom. The van der Waals surface area contributed by atoms with Gasteiger partial charge in [-0.25, -0.2) is 9.97 Å². The maximum Gasteiger partial charge on any atom is 0.152 e. The first-order chi connectivity index (χ1) is 11.3. The molecule has 0 radical (unpaired) electrons. The Labute approximate surface area is 135 Å². The predicted octanol–water partition coefficient (Wildman–Crippen LogP) is 2.40. The van der Waals surface area contributed by atoms with Crippen LogP contribution in [0, 0.1) is 0 Å². The van der Waals surface area contributed by atoms with E-state index in [-0.39, 0.29) is 0 Å². The lowest BCUT2D eigenvalue weighted by molar-refractivity contribution is 0.365. The van der Waals surface area contributed by atoms with Crippen molar-refractivity contribution in [1.29, 1.82) is 0 Å². The second-order valence-corrected chi connectivity index (χ2v) is 5.93. The van der Waals surface area contributed by atoms with E-state index < -0.39 is 0 Å². The molecule has 118 valence electrons. The largest absolute Gasteiger partial charge is 0.312 e. The average Bonchev–Trinajstić information content (AvgIpc) is 3.02. The number of fused-ring (bicyclic) bond motifs is 1. The highest BCUT2D eigenvalue weighted by Gasteiger charge is 2.30. The van der Waals surface area contributed by atoms with Gasteiger partial charge in [-0.2, -0.15) is 0 Å². The van der Waals surface area contributed by atoms with Gasteiger partial charge in [0, 0.05) is 24.6 Å². The van der Waals surface area contributed by atoms with Gasteiger partial charge in [-0.15, -0.1) is 0 Å². The third-order valence-corrected chi connectivity index (χ3v) is 4.49. The lowest BCUT2D eigenvalue weighted by Crippen LogP contribution is -2.51. The van der Waals surface area contributed by atoms with Gasteiger partial charge in [0.25, 0.3) is 0 Å². The Hall–Kier alpha value is -2.47. The Morgan fingerprint density at radius 3 is 3.00 bits per heavy atom. The molecule has 2 unspecified atom stereocenters. The fourth-order valence-electron chi connectivity index (χ4n) is 3.35. The summed E-state index contributed by atoms with van der Waals surface area (Å²) in [5.74, 6) is 1.89. The number of pyridine rings is 1. The highest BCUT2D eigenvalue weighted by atomic mass is 15.3. The van der Waals surface area contributed by atoms with E-state index in [0.29, 0.717) is 12.1 Å². The quantitative estimate of drug-likeness (QED) is 0.805. The molecule has 4 heterocycles. The molecule has 6 nitrogen and oxygen atoms in total. The Bertz CT molecular complexity index is 784. The number of anilines is 2. The second kappa shape index (κ2) is 5.96. The van der Waals surface area contributed by atoms with Crippen molar-refractivity contribution in [3.8, 4) is 0 Å². The number of nitrogens with one attached hydrogen (secondary N) is 1. The van der Waals surface area contributed by atoms with Crippen molar-refractivity contribution in [3.05, 3.63) is 49.2 Å². The summed E-state index contributed by atoms with van der Waals surface area (Å²) in [5, 5.41) is 3.57. The zero-order chi connectivity index (χ0) is 15.6. The number of piperidine rings is 1. The Kier molecular flexibility index (Phi) is 3.67. The predicted molar refractivity (Wildman–Crippen MR) is 89.8 cm³/mol. The van der Waals surface area contributed by atoms with E-state index in [0.717, 1.165) is 36.7 Å². The van der Waals surface area contributed by atoms with Crippen molar-refractivity contribution < 1.29 is 0 Å². The first-order valence-corrected chi connectivity index (χ1v) is 8.05. The third-order valence-electron chi connectivity index (χ3n) is 4.49. The van der Waals surface area contributed by atoms with Crippen molar-refractivity contribution in [2.24, 2.45) is 0 Å². The molecule has 0 saturated carbocycles. The molecule has 0 spiro atoms. The van der Waals surface area contributed by atoms with Crippen molar-refractivity contribution in [1.82, 2.24) is 24.7 Å². The van der Waals surface area contributed by atoms with E-state index in [1.807, 2.05) is 36.8 Å². The minimum Gasteiger partial charge on any atom is -0.312 e. The summed E-state index contributed by atoms with van der Waals surface area (Å²) in [7, 11) is 0. The lowest BCUT2D eigenvalue weighted by Gasteiger charge is -2.39. The van der Waals surface area contributed by atoms with Gasteiger partial charge < -0.3 is 10.2 Å². The summed E-state index contributed by atoms with van der Waals surface area (Å²) >= 11 is 0. The maximum atomic E-state index is 4.55. The first-order valence-electron chi connectivity index (χ1n) is 8.05. The molecule has 1 saturated heterocycles. The molecule has 1 aliphatic rings. The number of nitrogens with zero attached hydrogens (tertiary/aromatic N) is 5. The van der Waals surface area contributed by atoms with Crippen LogP contribution >= 0.6 is 0 Å². The van der Waals surface area contributed by atoms with Gasteiger partial charge >= 0.3 is 0 Å². The zero-order valence-electron chi connectivity index (χ0n) is 13.1. The van der Waals surface area contributed by atoms with E-state index in [9.17, 15) is 0 Å². The zero-order valence-corrected chi connectivity index (χ0v) is 13.1.